The Hall–Kier alpha value is -3.89. The minimum Gasteiger partial charge on any atom is -0.350 e. The van der Waals surface area contributed by atoms with Crippen LogP contribution in [0, 0.1) is 5.92 Å². The van der Waals surface area contributed by atoms with E-state index in [1.54, 1.807) is 47.4 Å². The van der Waals surface area contributed by atoms with Crippen molar-refractivity contribution in [1.29, 1.82) is 0 Å². The molecule has 2 aliphatic rings. The van der Waals surface area contributed by atoms with Crippen LogP contribution in [0.2, 0.25) is 0 Å². The van der Waals surface area contributed by atoms with E-state index in [-0.39, 0.29) is 31.4 Å². The van der Waals surface area contributed by atoms with Crippen molar-refractivity contribution in [2.75, 3.05) is 43.0 Å². The zero-order valence-electron chi connectivity index (χ0n) is 18.1. The van der Waals surface area contributed by atoms with Gasteiger partial charge in [-0.1, -0.05) is 12.1 Å². The van der Waals surface area contributed by atoms with Crippen LogP contribution >= 0.6 is 0 Å². The normalized spacial score (nSPS) is 19.0. The van der Waals surface area contributed by atoms with E-state index in [9.17, 15) is 22.8 Å². The first-order chi connectivity index (χ1) is 16.3. The predicted octanol–water partition coefficient (Wildman–Crippen LogP) is 3.00. The van der Waals surface area contributed by atoms with Crippen molar-refractivity contribution in [1.82, 2.24) is 10.2 Å². The van der Waals surface area contributed by atoms with Crippen LogP contribution in [-0.4, -0.2) is 68.2 Å². The summed E-state index contributed by atoms with van der Waals surface area (Å²) in [5.74, 6) is -2.15. The molecule has 0 aromatic heterocycles. The molecule has 4 rings (SSSR count). The summed E-state index contributed by atoms with van der Waals surface area (Å²) in [6.45, 7) is 0.926. The van der Waals surface area contributed by atoms with Gasteiger partial charge in [0.1, 0.15) is 5.92 Å². The Kier molecular flexibility index (Phi) is 6.80. The Morgan fingerprint density at radius 3 is 2.56 bits per heavy atom. The summed E-state index contributed by atoms with van der Waals surface area (Å²) in [4.78, 5) is 31.4. The lowest BCUT2D eigenvalue weighted by Crippen LogP contribution is -2.40. The molecular formula is C23H23F3N6O2. The smallest absolute Gasteiger partial charge is 0.350 e. The average molecular weight is 472 g/mol. The molecule has 0 aliphatic carbocycles. The number of hydrogen-bond donors (Lipinski definition) is 2. The minimum absolute atomic E-state index is 0.252. The molecule has 0 bridgehead atoms. The molecule has 2 N–H and O–H groups in total. The number of aliphatic imine (C=N–C) groups is 1. The molecule has 1 unspecified atom stereocenters. The Morgan fingerprint density at radius 2 is 1.82 bits per heavy atom. The number of rotatable bonds is 2. The zero-order chi connectivity index (χ0) is 24.1. The third-order valence-corrected chi connectivity index (χ3v) is 5.52. The second-order valence-corrected chi connectivity index (χ2v) is 7.81. The highest BCUT2D eigenvalue weighted by atomic mass is 19.4. The first-order valence-corrected chi connectivity index (χ1v) is 10.7. The van der Waals surface area contributed by atoms with E-state index in [4.69, 9.17) is 0 Å². The van der Waals surface area contributed by atoms with E-state index < -0.39 is 12.1 Å². The van der Waals surface area contributed by atoms with Crippen LogP contribution < -0.4 is 15.6 Å². The van der Waals surface area contributed by atoms with Gasteiger partial charge in [-0.05, 0) is 36.4 Å². The predicted molar refractivity (Wildman–Crippen MR) is 123 cm³/mol. The van der Waals surface area contributed by atoms with Crippen molar-refractivity contribution in [2.24, 2.45) is 16.0 Å². The van der Waals surface area contributed by atoms with E-state index in [1.165, 1.54) is 11.3 Å². The van der Waals surface area contributed by atoms with Crippen molar-refractivity contribution in [2.45, 2.75) is 6.18 Å². The number of anilines is 2. The second kappa shape index (κ2) is 9.94. The number of benzene rings is 2. The molecule has 0 fully saturated rings. The molecule has 0 saturated heterocycles. The zero-order valence-corrected chi connectivity index (χ0v) is 18.1. The number of nitrogens with one attached hydrogen (secondary N) is 2. The summed E-state index contributed by atoms with van der Waals surface area (Å²) >= 11 is 0. The van der Waals surface area contributed by atoms with Crippen LogP contribution in [0.5, 0.6) is 0 Å². The van der Waals surface area contributed by atoms with Gasteiger partial charge in [0, 0.05) is 31.4 Å². The van der Waals surface area contributed by atoms with E-state index >= 15 is 0 Å². The van der Waals surface area contributed by atoms with Crippen molar-refractivity contribution >= 4 is 35.7 Å². The van der Waals surface area contributed by atoms with Gasteiger partial charge in [0.2, 0.25) is 0 Å². The lowest BCUT2D eigenvalue weighted by atomic mass is 10.1. The molecule has 178 valence electrons. The minimum atomic E-state index is -4.34. The Morgan fingerprint density at radius 1 is 1.06 bits per heavy atom. The molecule has 0 saturated carbocycles. The third-order valence-electron chi connectivity index (χ3n) is 5.52. The summed E-state index contributed by atoms with van der Waals surface area (Å²) in [5, 5.41) is 10.9. The number of para-hydroxylation sites is 1. The first kappa shape index (κ1) is 23.3. The molecule has 8 nitrogen and oxygen atoms in total. The summed E-state index contributed by atoms with van der Waals surface area (Å²) in [6.07, 6.45) is -1.96. The summed E-state index contributed by atoms with van der Waals surface area (Å²) < 4.78 is 38.6. The number of halogens is 3. The maximum absolute atomic E-state index is 13.1. The molecule has 2 aromatic carbocycles. The maximum Gasteiger partial charge on any atom is 0.398 e. The molecule has 34 heavy (non-hydrogen) atoms. The van der Waals surface area contributed by atoms with Crippen LogP contribution in [0.25, 0.3) is 0 Å². The van der Waals surface area contributed by atoms with Gasteiger partial charge >= 0.3 is 6.18 Å². The molecule has 11 heteroatoms. The number of nitrogens with zero attached hydrogens (tertiary/aromatic N) is 4. The standard InChI is InChI=1S/C23H23F3N6O2/c24-23(25,26)17-13-30-32(14-17)18-7-5-16(6-8-18)22(34)31-11-9-27-15-29-20-4-2-1-3-19(20)21(33)28-10-12-31/h1-8,13,15,17H,9-12,14H2,(H,27,29)(H,28,33). The Bertz CT molecular complexity index is 1100. The number of hydrogen-bond acceptors (Lipinski definition) is 6. The highest BCUT2D eigenvalue weighted by Crippen LogP contribution is 2.31. The number of hydrazone groups is 1. The fourth-order valence-electron chi connectivity index (χ4n) is 3.64. The molecule has 0 spiro atoms. The molecule has 2 aliphatic heterocycles. The van der Waals surface area contributed by atoms with Gasteiger partial charge in [-0.3, -0.25) is 19.6 Å². The molecule has 0 radical (unpaired) electrons. The van der Waals surface area contributed by atoms with Gasteiger partial charge in [-0.25, -0.2) is 0 Å². The fourth-order valence-corrected chi connectivity index (χ4v) is 3.64. The highest BCUT2D eigenvalue weighted by Gasteiger charge is 2.42. The molecule has 2 amide bonds. The third kappa shape index (κ3) is 5.36. The molecule has 2 heterocycles. The summed E-state index contributed by atoms with van der Waals surface area (Å²) in [6, 6.07) is 13.3. The lowest BCUT2D eigenvalue weighted by molar-refractivity contribution is -0.150. The summed E-state index contributed by atoms with van der Waals surface area (Å²) in [7, 11) is 0. The summed E-state index contributed by atoms with van der Waals surface area (Å²) in [5.41, 5.74) is 1.96. The van der Waals surface area contributed by atoms with Gasteiger partial charge in [-0.15, -0.1) is 0 Å². The fraction of sp³-hybridized carbons (Fsp3) is 0.304. The maximum atomic E-state index is 13.1. The van der Waals surface area contributed by atoms with E-state index in [2.05, 4.69) is 20.7 Å². The van der Waals surface area contributed by atoms with Crippen LogP contribution in [0.4, 0.5) is 24.5 Å². The van der Waals surface area contributed by atoms with Crippen LogP contribution in [0.3, 0.4) is 0 Å². The van der Waals surface area contributed by atoms with E-state index in [1.807, 2.05) is 6.07 Å². The molecule has 1 atom stereocenters. The van der Waals surface area contributed by atoms with Crippen molar-refractivity contribution in [3.05, 3.63) is 59.7 Å². The quantitative estimate of drug-likeness (QED) is 0.704. The van der Waals surface area contributed by atoms with Crippen molar-refractivity contribution in [3.63, 3.8) is 0 Å². The van der Waals surface area contributed by atoms with Gasteiger partial charge < -0.3 is 15.5 Å². The first-order valence-electron chi connectivity index (χ1n) is 10.7. The SMILES string of the molecule is O=C1NCCN(C(=O)c2ccc(N3CC(C(F)(F)F)C=N3)cc2)CCN=CNc2ccccc21. The van der Waals surface area contributed by atoms with Gasteiger partial charge in [0.15, 0.2) is 0 Å². The Labute approximate surface area is 194 Å². The number of amides is 2. The second-order valence-electron chi connectivity index (χ2n) is 7.81. The average Bonchev–Trinajstić information content (AvgIpc) is 3.33. The number of alkyl halides is 3. The lowest BCUT2D eigenvalue weighted by Gasteiger charge is -2.23. The Balaban J connectivity index is 1.42. The van der Waals surface area contributed by atoms with Crippen LogP contribution in [-0.2, 0) is 0 Å². The van der Waals surface area contributed by atoms with Crippen LogP contribution in [0.1, 0.15) is 20.7 Å². The highest BCUT2D eigenvalue weighted by molar-refractivity contribution is 6.01. The van der Waals surface area contributed by atoms with Gasteiger partial charge in [0.05, 0.1) is 36.4 Å². The monoisotopic (exact) mass is 472 g/mol. The number of carbonyl (C=O) groups excluding carboxylic acids is 2. The molecule has 2 aromatic rings. The largest absolute Gasteiger partial charge is 0.398 e. The van der Waals surface area contributed by atoms with Crippen molar-refractivity contribution < 1.29 is 22.8 Å². The topological polar surface area (TPSA) is 89.4 Å². The molecular weight excluding hydrogens is 449 g/mol. The van der Waals surface area contributed by atoms with Gasteiger partial charge in [0.25, 0.3) is 11.8 Å². The number of carbonyl (C=O) groups is 2. The van der Waals surface area contributed by atoms with Crippen molar-refractivity contribution in [3.8, 4) is 0 Å². The van der Waals surface area contributed by atoms with Crippen LogP contribution in [0.15, 0.2) is 58.6 Å². The van der Waals surface area contributed by atoms with Gasteiger partial charge in [-0.2, -0.15) is 18.3 Å². The number of fused-ring (bicyclic) bond motifs is 1. The van der Waals surface area contributed by atoms with E-state index in [0.29, 0.717) is 35.6 Å². The van der Waals surface area contributed by atoms with E-state index in [0.717, 1.165) is 6.21 Å².